The maximum absolute atomic E-state index is 12.3. The largest absolute Gasteiger partial charge is 0.372 e. The second-order valence-corrected chi connectivity index (χ2v) is 6.34. The van der Waals surface area contributed by atoms with Crippen LogP contribution in [0, 0.1) is 0 Å². The molecule has 1 fully saturated rings. The quantitative estimate of drug-likeness (QED) is 0.874. The van der Waals surface area contributed by atoms with Gasteiger partial charge in [0.2, 0.25) is 5.91 Å². The van der Waals surface area contributed by atoms with Gasteiger partial charge in [-0.2, -0.15) is 0 Å². The van der Waals surface area contributed by atoms with Crippen molar-refractivity contribution in [2.45, 2.75) is 32.5 Å². The van der Waals surface area contributed by atoms with Crippen LogP contribution in [0.1, 0.15) is 19.5 Å². The fourth-order valence-electron chi connectivity index (χ4n) is 2.58. The maximum atomic E-state index is 12.3. The number of nitrogens with zero attached hydrogens (tertiary/aromatic N) is 2. The number of hydrogen-bond donors (Lipinski definition) is 0. The first-order chi connectivity index (χ1) is 10.1. The first-order valence-corrected chi connectivity index (χ1v) is 7.92. The van der Waals surface area contributed by atoms with E-state index < -0.39 is 0 Å². The molecule has 2 unspecified atom stereocenters. The van der Waals surface area contributed by atoms with Gasteiger partial charge in [0.1, 0.15) is 0 Å². The summed E-state index contributed by atoms with van der Waals surface area (Å²) in [5.41, 5.74) is 0.676. The van der Waals surface area contributed by atoms with E-state index in [1.165, 1.54) is 0 Å². The minimum absolute atomic E-state index is 0.0722. The van der Waals surface area contributed by atoms with E-state index in [-0.39, 0.29) is 24.5 Å². The smallest absolute Gasteiger partial charge is 0.228 e. The second kappa shape index (κ2) is 5.99. The zero-order valence-electron chi connectivity index (χ0n) is 12.1. The SMILES string of the molecule is CC1CN(C(=O)Cc2cc(-c3cccs3)on2)CC(C)O1. The average molecular weight is 306 g/mol. The monoisotopic (exact) mass is 306 g/mol. The van der Waals surface area contributed by atoms with Crippen molar-refractivity contribution in [3.05, 3.63) is 29.3 Å². The molecule has 0 spiro atoms. The highest BCUT2D eigenvalue weighted by molar-refractivity contribution is 7.13. The van der Waals surface area contributed by atoms with Gasteiger partial charge in [0.25, 0.3) is 0 Å². The number of ether oxygens (including phenoxy) is 1. The number of thiophene rings is 1. The Balaban J connectivity index is 1.65. The molecule has 2 atom stereocenters. The zero-order valence-corrected chi connectivity index (χ0v) is 12.9. The van der Waals surface area contributed by atoms with Gasteiger partial charge < -0.3 is 14.2 Å². The molecule has 0 aromatic carbocycles. The Kier molecular flexibility index (Phi) is 4.07. The number of carbonyl (C=O) groups excluding carboxylic acids is 1. The fraction of sp³-hybridized carbons (Fsp3) is 0.467. The van der Waals surface area contributed by atoms with Crippen LogP contribution in [-0.2, 0) is 16.0 Å². The third kappa shape index (κ3) is 3.33. The molecular formula is C15H18N2O3S. The molecule has 112 valence electrons. The Bertz CT molecular complexity index is 598. The minimum atomic E-state index is 0.0722. The zero-order chi connectivity index (χ0) is 14.8. The molecule has 3 rings (SSSR count). The van der Waals surface area contributed by atoms with E-state index in [1.807, 2.05) is 42.3 Å². The summed E-state index contributed by atoms with van der Waals surface area (Å²) in [4.78, 5) is 15.2. The summed E-state index contributed by atoms with van der Waals surface area (Å²) >= 11 is 1.59. The Morgan fingerprint density at radius 2 is 2.19 bits per heavy atom. The topological polar surface area (TPSA) is 55.6 Å². The first-order valence-electron chi connectivity index (χ1n) is 7.04. The summed E-state index contributed by atoms with van der Waals surface area (Å²) in [5.74, 6) is 0.791. The van der Waals surface area contributed by atoms with Crippen molar-refractivity contribution in [2.24, 2.45) is 0 Å². The fourth-order valence-corrected chi connectivity index (χ4v) is 3.25. The van der Waals surface area contributed by atoms with Crippen molar-refractivity contribution in [2.75, 3.05) is 13.1 Å². The molecule has 0 bridgehead atoms. The highest BCUT2D eigenvalue weighted by Gasteiger charge is 2.26. The number of carbonyl (C=O) groups is 1. The Morgan fingerprint density at radius 1 is 1.43 bits per heavy atom. The van der Waals surface area contributed by atoms with Crippen LogP contribution in [0.25, 0.3) is 10.6 Å². The van der Waals surface area contributed by atoms with Gasteiger partial charge in [-0.05, 0) is 25.3 Å². The molecule has 3 heterocycles. The third-order valence-corrected chi connectivity index (χ3v) is 4.31. The van der Waals surface area contributed by atoms with E-state index >= 15 is 0 Å². The Hall–Kier alpha value is -1.66. The van der Waals surface area contributed by atoms with Crippen LogP contribution in [-0.4, -0.2) is 41.3 Å². The van der Waals surface area contributed by atoms with Crippen LogP contribution >= 0.6 is 11.3 Å². The van der Waals surface area contributed by atoms with Crippen molar-refractivity contribution >= 4 is 17.2 Å². The molecule has 1 amide bonds. The number of hydrogen-bond acceptors (Lipinski definition) is 5. The van der Waals surface area contributed by atoms with Crippen LogP contribution in [0.5, 0.6) is 0 Å². The molecule has 0 saturated carbocycles. The molecule has 6 heteroatoms. The standard InChI is InChI=1S/C15H18N2O3S/c1-10-8-17(9-11(2)19-10)15(18)7-12-6-13(20-16-12)14-4-3-5-21-14/h3-6,10-11H,7-9H2,1-2H3. The van der Waals surface area contributed by atoms with Gasteiger partial charge in [-0.25, -0.2) is 0 Å². The number of amides is 1. The van der Waals surface area contributed by atoms with Crippen molar-refractivity contribution in [1.29, 1.82) is 0 Å². The molecule has 0 N–H and O–H groups in total. The molecular weight excluding hydrogens is 288 g/mol. The highest BCUT2D eigenvalue weighted by Crippen LogP contribution is 2.25. The molecule has 5 nitrogen and oxygen atoms in total. The average Bonchev–Trinajstić information content (AvgIpc) is 3.07. The van der Waals surface area contributed by atoms with Gasteiger partial charge in [-0.15, -0.1) is 11.3 Å². The molecule has 1 aliphatic heterocycles. The minimum Gasteiger partial charge on any atom is -0.372 e. The van der Waals surface area contributed by atoms with E-state index in [4.69, 9.17) is 9.26 Å². The molecule has 2 aromatic heterocycles. The Morgan fingerprint density at radius 3 is 2.86 bits per heavy atom. The van der Waals surface area contributed by atoms with Gasteiger partial charge in [-0.3, -0.25) is 4.79 Å². The summed E-state index contributed by atoms with van der Waals surface area (Å²) in [6, 6.07) is 5.78. The van der Waals surface area contributed by atoms with Gasteiger partial charge in [-0.1, -0.05) is 11.2 Å². The van der Waals surface area contributed by atoms with Crippen LogP contribution in [0.3, 0.4) is 0 Å². The maximum Gasteiger partial charge on any atom is 0.228 e. The van der Waals surface area contributed by atoms with Crippen LogP contribution in [0.15, 0.2) is 28.1 Å². The molecule has 0 aliphatic carbocycles. The van der Waals surface area contributed by atoms with Crippen LogP contribution < -0.4 is 0 Å². The summed E-state index contributed by atoms with van der Waals surface area (Å²) in [6.45, 7) is 5.25. The lowest BCUT2D eigenvalue weighted by molar-refractivity contribution is -0.142. The molecule has 0 radical (unpaired) electrons. The van der Waals surface area contributed by atoms with Gasteiger partial charge in [0, 0.05) is 19.2 Å². The lowest BCUT2D eigenvalue weighted by Crippen LogP contribution is -2.48. The summed E-state index contributed by atoms with van der Waals surface area (Å²) in [6.07, 6.45) is 0.433. The summed E-state index contributed by atoms with van der Waals surface area (Å²) in [5, 5.41) is 5.98. The lowest BCUT2D eigenvalue weighted by Gasteiger charge is -2.35. The lowest BCUT2D eigenvalue weighted by atomic mass is 10.2. The van der Waals surface area contributed by atoms with Crippen molar-refractivity contribution in [3.8, 4) is 10.6 Å². The van der Waals surface area contributed by atoms with Crippen LogP contribution in [0.4, 0.5) is 0 Å². The summed E-state index contributed by atoms with van der Waals surface area (Å²) < 4.78 is 10.9. The third-order valence-electron chi connectivity index (χ3n) is 3.43. The number of morpholine rings is 1. The van der Waals surface area contributed by atoms with E-state index in [0.29, 0.717) is 18.8 Å². The van der Waals surface area contributed by atoms with Crippen molar-refractivity contribution < 1.29 is 14.1 Å². The van der Waals surface area contributed by atoms with Gasteiger partial charge >= 0.3 is 0 Å². The predicted octanol–water partition coefficient (Wildman–Crippen LogP) is 2.58. The molecule has 21 heavy (non-hydrogen) atoms. The van der Waals surface area contributed by atoms with Gasteiger partial charge in [0.15, 0.2) is 5.76 Å². The van der Waals surface area contributed by atoms with E-state index in [0.717, 1.165) is 10.6 Å². The summed E-state index contributed by atoms with van der Waals surface area (Å²) in [7, 11) is 0. The molecule has 2 aromatic rings. The van der Waals surface area contributed by atoms with E-state index in [9.17, 15) is 4.79 Å². The second-order valence-electron chi connectivity index (χ2n) is 5.39. The molecule has 1 aliphatic rings. The van der Waals surface area contributed by atoms with E-state index in [2.05, 4.69) is 5.16 Å². The normalized spacial score (nSPS) is 22.5. The molecule has 1 saturated heterocycles. The van der Waals surface area contributed by atoms with Crippen molar-refractivity contribution in [3.63, 3.8) is 0 Å². The predicted molar refractivity (Wildman–Crippen MR) is 80.1 cm³/mol. The Labute approximate surface area is 127 Å². The number of rotatable bonds is 3. The highest BCUT2D eigenvalue weighted by atomic mass is 32.1. The van der Waals surface area contributed by atoms with Crippen LogP contribution in [0.2, 0.25) is 0 Å². The van der Waals surface area contributed by atoms with E-state index in [1.54, 1.807) is 11.3 Å². The van der Waals surface area contributed by atoms with Gasteiger partial charge in [0.05, 0.1) is 29.2 Å². The first kappa shape index (κ1) is 14.3. The van der Waals surface area contributed by atoms with Crippen molar-refractivity contribution in [1.82, 2.24) is 10.1 Å². The number of aromatic nitrogens is 1.